The number of benzene rings is 2. The zero-order chi connectivity index (χ0) is 23.5. The molecular weight excluding hydrogens is 450 g/mol. The molecule has 2 heterocycles. The van der Waals surface area contributed by atoms with Gasteiger partial charge >= 0.3 is 0 Å². The summed E-state index contributed by atoms with van der Waals surface area (Å²) in [4.78, 5) is 17.4. The third-order valence-electron chi connectivity index (χ3n) is 6.23. The molecule has 8 heteroatoms. The largest absolute Gasteiger partial charge is 0.490 e. The Labute approximate surface area is 203 Å². The Balaban J connectivity index is 1.27. The Bertz CT molecular complexity index is 1300. The van der Waals surface area contributed by atoms with Gasteiger partial charge < -0.3 is 15.4 Å². The SMILES string of the molecule is CN[C@H]1CC[C@@H](Oc2ccc(NC(=O)c3ccn4ncc(-c5cccc(Cl)c5)c4n3)cc2)CC1. The minimum absolute atomic E-state index is 0.241. The molecule has 0 unspecified atom stereocenters. The summed E-state index contributed by atoms with van der Waals surface area (Å²) in [6.07, 6.45) is 8.04. The molecule has 7 nitrogen and oxygen atoms in total. The fraction of sp³-hybridized carbons (Fsp3) is 0.269. The van der Waals surface area contributed by atoms with Gasteiger partial charge in [0, 0.05) is 28.5 Å². The lowest BCUT2D eigenvalue weighted by molar-refractivity contribution is 0.102. The molecule has 1 saturated carbocycles. The number of aromatic nitrogens is 3. The lowest BCUT2D eigenvalue weighted by atomic mass is 9.93. The molecule has 174 valence electrons. The van der Waals surface area contributed by atoms with E-state index < -0.39 is 0 Å². The molecule has 0 spiro atoms. The van der Waals surface area contributed by atoms with Gasteiger partial charge in [0.1, 0.15) is 11.4 Å². The van der Waals surface area contributed by atoms with Gasteiger partial charge in [-0.2, -0.15) is 5.10 Å². The highest BCUT2D eigenvalue weighted by molar-refractivity contribution is 6.30. The van der Waals surface area contributed by atoms with Crippen LogP contribution in [0.3, 0.4) is 0 Å². The summed E-state index contributed by atoms with van der Waals surface area (Å²) in [5.74, 6) is 0.524. The van der Waals surface area contributed by atoms with Gasteiger partial charge in [-0.25, -0.2) is 9.50 Å². The van der Waals surface area contributed by atoms with Crippen molar-refractivity contribution in [1.29, 1.82) is 0 Å². The van der Waals surface area contributed by atoms with E-state index in [0.29, 0.717) is 28.1 Å². The number of halogens is 1. The van der Waals surface area contributed by atoms with E-state index in [0.717, 1.165) is 42.6 Å². The third kappa shape index (κ3) is 4.90. The monoisotopic (exact) mass is 475 g/mol. The highest BCUT2D eigenvalue weighted by atomic mass is 35.5. The molecule has 2 aromatic carbocycles. The number of rotatable bonds is 6. The second-order valence-corrected chi connectivity index (χ2v) is 8.94. The fourth-order valence-corrected chi connectivity index (χ4v) is 4.52. The molecule has 2 aromatic heterocycles. The van der Waals surface area contributed by atoms with Crippen LogP contribution < -0.4 is 15.4 Å². The van der Waals surface area contributed by atoms with E-state index in [9.17, 15) is 4.79 Å². The summed E-state index contributed by atoms with van der Waals surface area (Å²) in [6, 6.07) is 17.2. The van der Waals surface area contributed by atoms with Gasteiger partial charge in [-0.15, -0.1) is 0 Å². The molecule has 1 amide bonds. The molecular formula is C26H26ClN5O2. The summed E-state index contributed by atoms with van der Waals surface area (Å²) in [6.45, 7) is 0. The average molecular weight is 476 g/mol. The van der Waals surface area contributed by atoms with Crippen molar-refractivity contribution in [2.24, 2.45) is 0 Å². The van der Waals surface area contributed by atoms with Crippen molar-refractivity contribution in [3.8, 4) is 16.9 Å². The molecule has 0 bridgehead atoms. The number of hydrogen-bond donors (Lipinski definition) is 2. The first kappa shape index (κ1) is 22.4. The number of fused-ring (bicyclic) bond motifs is 1. The summed E-state index contributed by atoms with van der Waals surface area (Å²) in [7, 11) is 2.01. The van der Waals surface area contributed by atoms with Crippen LogP contribution in [0, 0.1) is 0 Å². The number of hydrogen-bond acceptors (Lipinski definition) is 5. The maximum Gasteiger partial charge on any atom is 0.274 e. The Morgan fingerprint density at radius 1 is 1.09 bits per heavy atom. The minimum atomic E-state index is -0.292. The van der Waals surface area contributed by atoms with Crippen molar-refractivity contribution in [3.63, 3.8) is 0 Å². The maximum atomic E-state index is 12.9. The number of nitrogens with zero attached hydrogens (tertiary/aromatic N) is 3. The molecule has 4 aromatic rings. The van der Waals surface area contributed by atoms with Crippen LogP contribution in [0.1, 0.15) is 36.2 Å². The number of anilines is 1. The van der Waals surface area contributed by atoms with Crippen molar-refractivity contribution in [3.05, 3.63) is 77.7 Å². The van der Waals surface area contributed by atoms with Gasteiger partial charge in [-0.1, -0.05) is 23.7 Å². The van der Waals surface area contributed by atoms with E-state index in [2.05, 4.69) is 20.7 Å². The zero-order valence-corrected chi connectivity index (χ0v) is 19.6. The van der Waals surface area contributed by atoms with Gasteiger partial charge in [0.05, 0.1) is 12.3 Å². The number of nitrogens with one attached hydrogen (secondary N) is 2. The second kappa shape index (κ2) is 9.83. The average Bonchev–Trinajstić information content (AvgIpc) is 3.29. The van der Waals surface area contributed by atoms with E-state index in [4.69, 9.17) is 16.3 Å². The fourth-order valence-electron chi connectivity index (χ4n) is 4.33. The summed E-state index contributed by atoms with van der Waals surface area (Å²) in [5.41, 5.74) is 3.27. The van der Waals surface area contributed by atoms with Gasteiger partial charge in [0.2, 0.25) is 0 Å². The summed E-state index contributed by atoms with van der Waals surface area (Å²) < 4.78 is 7.77. The van der Waals surface area contributed by atoms with Crippen LogP contribution in [0.25, 0.3) is 16.8 Å². The highest BCUT2D eigenvalue weighted by Gasteiger charge is 2.21. The molecule has 1 fully saturated rings. The van der Waals surface area contributed by atoms with Crippen LogP contribution in [-0.2, 0) is 0 Å². The van der Waals surface area contributed by atoms with Crippen LogP contribution in [0.4, 0.5) is 5.69 Å². The smallest absolute Gasteiger partial charge is 0.274 e. The zero-order valence-electron chi connectivity index (χ0n) is 18.9. The van der Waals surface area contributed by atoms with Gasteiger partial charge in [0.15, 0.2) is 5.65 Å². The number of carbonyl (C=O) groups excluding carboxylic acids is 1. The van der Waals surface area contributed by atoms with Gasteiger partial charge in [0.25, 0.3) is 5.91 Å². The number of amides is 1. The normalized spacial score (nSPS) is 18.1. The lowest BCUT2D eigenvalue weighted by Crippen LogP contribution is -2.34. The second-order valence-electron chi connectivity index (χ2n) is 8.51. The number of carbonyl (C=O) groups is 1. The van der Waals surface area contributed by atoms with Crippen molar-refractivity contribution in [1.82, 2.24) is 19.9 Å². The predicted octanol–water partition coefficient (Wildman–Crippen LogP) is 5.21. The van der Waals surface area contributed by atoms with Gasteiger partial charge in [-0.3, -0.25) is 4.79 Å². The molecule has 1 aliphatic rings. The minimum Gasteiger partial charge on any atom is -0.490 e. The highest BCUT2D eigenvalue weighted by Crippen LogP contribution is 2.27. The van der Waals surface area contributed by atoms with Gasteiger partial charge in [-0.05, 0) is 80.8 Å². The first-order valence-corrected chi connectivity index (χ1v) is 11.8. The van der Waals surface area contributed by atoms with E-state index in [1.807, 2.05) is 55.6 Å². The van der Waals surface area contributed by atoms with Crippen LogP contribution in [0.2, 0.25) is 5.02 Å². The van der Waals surface area contributed by atoms with Crippen LogP contribution in [0.15, 0.2) is 67.0 Å². The van der Waals surface area contributed by atoms with Crippen molar-refractivity contribution in [2.45, 2.75) is 37.8 Å². The standard InChI is InChI=1S/C26H26ClN5O2/c1-28-19-5-9-21(10-6-19)34-22-11-7-20(8-12-22)30-26(33)24-13-14-32-25(31-24)23(16-29-32)17-3-2-4-18(27)15-17/h2-4,7-8,11-16,19,21,28H,5-6,9-10H2,1H3,(H,30,33)/t19-,21+. The number of ether oxygens (including phenoxy) is 1. The predicted molar refractivity (Wildman–Crippen MR) is 134 cm³/mol. The Morgan fingerprint density at radius 3 is 2.62 bits per heavy atom. The maximum absolute atomic E-state index is 12.9. The van der Waals surface area contributed by atoms with Crippen molar-refractivity contribution >= 4 is 28.8 Å². The van der Waals surface area contributed by atoms with E-state index in [1.165, 1.54) is 0 Å². The van der Waals surface area contributed by atoms with E-state index >= 15 is 0 Å². The third-order valence-corrected chi connectivity index (χ3v) is 6.47. The van der Waals surface area contributed by atoms with E-state index in [-0.39, 0.29) is 12.0 Å². The molecule has 2 N–H and O–H groups in total. The topological polar surface area (TPSA) is 80.5 Å². The first-order valence-electron chi connectivity index (χ1n) is 11.4. The lowest BCUT2D eigenvalue weighted by Gasteiger charge is -2.28. The Hall–Kier alpha value is -3.42. The summed E-state index contributed by atoms with van der Waals surface area (Å²) in [5, 5.41) is 11.2. The quantitative estimate of drug-likeness (QED) is 0.400. The molecule has 0 aliphatic heterocycles. The van der Waals surface area contributed by atoms with Crippen LogP contribution in [-0.4, -0.2) is 39.7 Å². The Kier molecular flexibility index (Phi) is 6.47. The van der Waals surface area contributed by atoms with E-state index in [1.54, 1.807) is 23.0 Å². The molecule has 1 aliphatic carbocycles. The molecule has 34 heavy (non-hydrogen) atoms. The molecule has 0 radical (unpaired) electrons. The Morgan fingerprint density at radius 2 is 1.88 bits per heavy atom. The molecule has 0 saturated heterocycles. The molecule has 5 rings (SSSR count). The van der Waals surface area contributed by atoms with Crippen molar-refractivity contribution in [2.75, 3.05) is 12.4 Å². The first-order chi connectivity index (χ1) is 16.6. The van der Waals surface area contributed by atoms with Crippen molar-refractivity contribution < 1.29 is 9.53 Å². The summed E-state index contributed by atoms with van der Waals surface area (Å²) >= 11 is 6.14. The van der Waals surface area contributed by atoms with Crippen LogP contribution in [0.5, 0.6) is 5.75 Å². The molecule has 0 atom stereocenters. The van der Waals surface area contributed by atoms with Crippen LogP contribution >= 0.6 is 11.6 Å².